The summed E-state index contributed by atoms with van der Waals surface area (Å²) in [6, 6.07) is 21.1. The predicted molar refractivity (Wildman–Crippen MR) is 122 cm³/mol. The third kappa shape index (κ3) is 5.36. The molecule has 0 bridgehead atoms. The van der Waals surface area contributed by atoms with Crippen molar-refractivity contribution in [2.24, 2.45) is 0 Å². The maximum absolute atomic E-state index is 13.3. The van der Waals surface area contributed by atoms with Crippen LogP contribution in [0.4, 0.5) is 11.4 Å². The fourth-order valence-electron chi connectivity index (χ4n) is 2.83. The Labute approximate surface area is 190 Å². The molecule has 1 N–H and O–H groups in total. The number of carbonyl (C=O) groups excluding carboxylic acids is 1. The molecule has 0 aliphatic rings. The van der Waals surface area contributed by atoms with Gasteiger partial charge in [-0.3, -0.25) is 9.10 Å². The molecule has 1 amide bonds. The van der Waals surface area contributed by atoms with Gasteiger partial charge in [0.15, 0.2) is 0 Å². The normalized spacial score (nSPS) is 10.9. The summed E-state index contributed by atoms with van der Waals surface area (Å²) >= 11 is 12.4. The van der Waals surface area contributed by atoms with Crippen molar-refractivity contribution in [3.05, 3.63) is 88.4 Å². The zero-order valence-corrected chi connectivity index (χ0v) is 18.5. The van der Waals surface area contributed by atoms with Gasteiger partial charge in [0.05, 0.1) is 33.1 Å². The van der Waals surface area contributed by atoms with E-state index in [4.69, 9.17) is 28.5 Å². The zero-order valence-electron chi connectivity index (χ0n) is 16.1. The Morgan fingerprint density at radius 1 is 0.968 bits per heavy atom. The van der Waals surface area contributed by atoms with Crippen LogP contribution < -0.4 is 9.62 Å². The standard InChI is InChI=1S/C22H17Cl2N3O3S/c23-19-7-4-8-20(22(19)24)27(31(29,30)18-5-2-1-3-6-18)15-21(28)26-17-11-9-16(10-12-17)13-14-25/h1-12H,13,15H2,(H,26,28). The number of nitrogens with one attached hydrogen (secondary N) is 1. The molecule has 158 valence electrons. The van der Waals surface area contributed by atoms with Gasteiger partial charge in [0.25, 0.3) is 10.0 Å². The number of sulfonamides is 1. The third-order valence-electron chi connectivity index (χ3n) is 4.34. The summed E-state index contributed by atoms with van der Waals surface area (Å²) < 4.78 is 27.6. The monoisotopic (exact) mass is 473 g/mol. The lowest BCUT2D eigenvalue weighted by molar-refractivity contribution is -0.114. The molecule has 0 heterocycles. The van der Waals surface area contributed by atoms with Crippen LogP contribution in [0.2, 0.25) is 10.0 Å². The second kappa shape index (κ2) is 9.84. The number of anilines is 2. The first-order chi connectivity index (χ1) is 14.8. The molecule has 0 aromatic heterocycles. The van der Waals surface area contributed by atoms with Gasteiger partial charge in [-0.05, 0) is 42.0 Å². The maximum atomic E-state index is 13.3. The summed E-state index contributed by atoms with van der Waals surface area (Å²) in [5, 5.41) is 11.6. The van der Waals surface area contributed by atoms with Crippen LogP contribution in [0.5, 0.6) is 0 Å². The van der Waals surface area contributed by atoms with Crippen LogP contribution in [0, 0.1) is 11.3 Å². The van der Waals surface area contributed by atoms with Crippen molar-refractivity contribution in [1.29, 1.82) is 5.26 Å². The zero-order chi connectivity index (χ0) is 22.4. The topological polar surface area (TPSA) is 90.3 Å². The van der Waals surface area contributed by atoms with Gasteiger partial charge in [-0.2, -0.15) is 5.26 Å². The van der Waals surface area contributed by atoms with Crippen LogP contribution in [0.3, 0.4) is 0 Å². The summed E-state index contributed by atoms with van der Waals surface area (Å²) in [4.78, 5) is 12.7. The van der Waals surface area contributed by atoms with E-state index in [0.717, 1.165) is 9.87 Å². The molecule has 0 fully saturated rings. The van der Waals surface area contributed by atoms with Crippen LogP contribution in [-0.4, -0.2) is 20.9 Å². The van der Waals surface area contributed by atoms with E-state index in [1.807, 2.05) is 6.07 Å². The number of nitriles is 1. The lowest BCUT2D eigenvalue weighted by Gasteiger charge is -2.25. The molecule has 0 saturated heterocycles. The molecule has 0 aliphatic heterocycles. The Hall–Kier alpha value is -3.05. The lowest BCUT2D eigenvalue weighted by atomic mass is 10.1. The summed E-state index contributed by atoms with van der Waals surface area (Å²) in [6.45, 7) is -0.517. The van der Waals surface area contributed by atoms with Gasteiger partial charge < -0.3 is 5.32 Å². The van der Waals surface area contributed by atoms with E-state index in [9.17, 15) is 13.2 Å². The molecule has 9 heteroatoms. The molecular weight excluding hydrogens is 457 g/mol. The number of benzene rings is 3. The van der Waals surface area contributed by atoms with Crippen molar-refractivity contribution in [1.82, 2.24) is 0 Å². The fourth-order valence-corrected chi connectivity index (χ4v) is 4.73. The van der Waals surface area contributed by atoms with E-state index < -0.39 is 22.5 Å². The first kappa shape index (κ1) is 22.6. The smallest absolute Gasteiger partial charge is 0.264 e. The van der Waals surface area contributed by atoms with Crippen molar-refractivity contribution in [2.45, 2.75) is 11.3 Å². The summed E-state index contributed by atoms with van der Waals surface area (Å²) in [5.74, 6) is -0.566. The van der Waals surface area contributed by atoms with E-state index in [1.165, 1.54) is 24.3 Å². The highest BCUT2D eigenvalue weighted by molar-refractivity contribution is 7.92. The minimum atomic E-state index is -4.10. The van der Waals surface area contributed by atoms with Crippen LogP contribution in [0.1, 0.15) is 5.56 Å². The highest BCUT2D eigenvalue weighted by atomic mass is 35.5. The maximum Gasteiger partial charge on any atom is 0.264 e. The largest absolute Gasteiger partial charge is 0.325 e. The molecule has 3 aromatic carbocycles. The Kier molecular flexibility index (Phi) is 7.18. The Morgan fingerprint density at radius 2 is 1.65 bits per heavy atom. The minimum Gasteiger partial charge on any atom is -0.325 e. The van der Waals surface area contributed by atoms with Crippen molar-refractivity contribution in [2.75, 3.05) is 16.2 Å². The van der Waals surface area contributed by atoms with Gasteiger partial charge in [-0.15, -0.1) is 0 Å². The fraction of sp³-hybridized carbons (Fsp3) is 0.0909. The van der Waals surface area contributed by atoms with E-state index in [2.05, 4.69) is 5.32 Å². The predicted octanol–water partition coefficient (Wildman–Crippen LogP) is 4.89. The summed E-state index contributed by atoms with van der Waals surface area (Å²) in [6.07, 6.45) is 0.255. The molecule has 0 spiro atoms. The number of nitrogens with zero attached hydrogens (tertiary/aromatic N) is 2. The average Bonchev–Trinajstić information content (AvgIpc) is 2.76. The van der Waals surface area contributed by atoms with Crippen LogP contribution in [-0.2, 0) is 21.2 Å². The van der Waals surface area contributed by atoms with Gasteiger partial charge >= 0.3 is 0 Å². The number of halogens is 2. The number of hydrogen-bond acceptors (Lipinski definition) is 4. The minimum absolute atomic E-state index is 0.0136. The highest BCUT2D eigenvalue weighted by Crippen LogP contribution is 2.35. The van der Waals surface area contributed by atoms with Gasteiger partial charge in [-0.25, -0.2) is 8.42 Å². The van der Waals surface area contributed by atoms with Crippen molar-refractivity contribution < 1.29 is 13.2 Å². The molecule has 0 unspecified atom stereocenters. The van der Waals surface area contributed by atoms with E-state index in [1.54, 1.807) is 48.5 Å². The Morgan fingerprint density at radius 3 is 2.29 bits per heavy atom. The molecule has 0 aliphatic carbocycles. The van der Waals surface area contributed by atoms with Crippen molar-refractivity contribution in [3.63, 3.8) is 0 Å². The molecule has 0 atom stereocenters. The lowest BCUT2D eigenvalue weighted by Crippen LogP contribution is -2.38. The SMILES string of the molecule is N#CCc1ccc(NC(=O)CN(c2cccc(Cl)c2Cl)S(=O)(=O)c2ccccc2)cc1. The highest BCUT2D eigenvalue weighted by Gasteiger charge is 2.29. The van der Waals surface area contributed by atoms with Gasteiger partial charge in [0.1, 0.15) is 6.54 Å². The van der Waals surface area contributed by atoms with Gasteiger partial charge in [0.2, 0.25) is 5.91 Å². The second-order valence-corrected chi connectivity index (χ2v) is 9.13. The van der Waals surface area contributed by atoms with E-state index in [0.29, 0.717) is 5.69 Å². The molecule has 3 rings (SSSR count). The number of amides is 1. The van der Waals surface area contributed by atoms with Crippen molar-refractivity contribution >= 4 is 50.5 Å². The average molecular weight is 474 g/mol. The van der Waals surface area contributed by atoms with E-state index in [-0.39, 0.29) is 27.0 Å². The molecule has 3 aromatic rings. The second-order valence-electron chi connectivity index (χ2n) is 6.48. The quantitative estimate of drug-likeness (QED) is 0.528. The summed E-state index contributed by atoms with van der Waals surface area (Å²) in [5.41, 5.74) is 1.37. The van der Waals surface area contributed by atoms with Crippen molar-refractivity contribution in [3.8, 4) is 6.07 Å². The molecular formula is C22H17Cl2N3O3S. The van der Waals surface area contributed by atoms with Gasteiger partial charge in [-0.1, -0.05) is 59.6 Å². The summed E-state index contributed by atoms with van der Waals surface area (Å²) in [7, 11) is -4.10. The van der Waals surface area contributed by atoms with Gasteiger partial charge in [0, 0.05) is 5.69 Å². The first-order valence-corrected chi connectivity index (χ1v) is 11.3. The number of hydrogen-bond donors (Lipinski definition) is 1. The third-order valence-corrected chi connectivity index (χ3v) is 6.92. The Bertz CT molecular complexity index is 1230. The van der Waals surface area contributed by atoms with Crippen LogP contribution in [0.25, 0.3) is 0 Å². The molecule has 0 saturated carbocycles. The van der Waals surface area contributed by atoms with E-state index >= 15 is 0 Å². The molecule has 0 radical (unpaired) electrons. The van der Waals surface area contributed by atoms with Crippen LogP contribution in [0.15, 0.2) is 77.7 Å². The van der Waals surface area contributed by atoms with Crippen LogP contribution >= 0.6 is 23.2 Å². The first-order valence-electron chi connectivity index (χ1n) is 9.10. The molecule has 6 nitrogen and oxygen atoms in total. The molecule has 31 heavy (non-hydrogen) atoms. The number of rotatable bonds is 7. The number of carbonyl (C=O) groups is 1. The Balaban J connectivity index is 1.92.